The van der Waals surface area contributed by atoms with Crippen molar-refractivity contribution in [1.29, 1.82) is 0 Å². The number of hydrogen-bond donors (Lipinski definition) is 1. The molecule has 4 rings (SSSR count). The quantitative estimate of drug-likeness (QED) is 0.539. The average Bonchev–Trinajstić information content (AvgIpc) is 2.96. The maximum atomic E-state index is 13.4. The van der Waals surface area contributed by atoms with E-state index in [1.54, 1.807) is 54.6 Å². The van der Waals surface area contributed by atoms with Crippen LogP contribution in [0.15, 0.2) is 60.7 Å². The number of fused-ring (bicyclic) bond motifs is 3. The molecule has 3 aromatic carbocycles. The normalized spacial score (nSPS) is 12.1. The fraction of sp³-hybridized carbons (Fsp3) is 0.0556. The second kappa shape index (κ2) is 4.99. The Bertz CT molecular complexity index is 1050. The molecule has 1 N–H and O–H groups in total. The van der Waals surface area contributed by atoms with Gasteiger partial charge < -0.3 is 5.11 Å². The molecule has 0 bridgehead atoms. The highest BCUT2D eigenvalue weighted by atomic mass is 19.4. The molecular formula is C18H11F3N2O. The van der Waals surface area contributed by atoms with E-state index in [-0.39, 0.29) is 11.1 Å². The maximum Gasteiger partial charge on any atom is 0.435 e. The summed E-state index contributed by atoms with van der Waals surface area (Å²) in [5.41, 5.74) is -0.168. The second-order valence-electron chi connectivity index (χ2n) is 5.43. The van der Waals surface area contributed by atoms with Crippen molar-refractivity contribution in [2.45, 2.75) is 6.18 Å². The summed E-state index contributed by atoms with van der Waals surface area (Å²) in [5.74, 6) is -0.198. The van der Waals surface area contributed by atoms with Crippen LogP contribution in [-0.4, -0.2) is 14.9 Å². The number of para-hydroxylation sites is 1. The van der Waals surface area contributed by atoms with E-state index < -0.39 is 11.9 Å². The second-order valence-corrected chi connectivity index (χ2v) is 5.43. The molecule has 0 saturated carbocycles. The summed E-state index contributed by atoms with van der Waals surface area (Å²) in [4.78, 5) is 0. The van der Waals surface area contributed by atoms with Gasteiger partial charge in [0.05, 0.1) is 11.2 Å². The van der Waals surface area contributed by atoms with Crippen LogP contribution in [0.4, 0.5) is 13.2 Å². The summed E-state index contributed by atoms with van der Waals surface area (Å²) in [6.45, 7) is 0. The minimum atomic E-state index is -4.62. The molecule has 0 unspecified atom stereocenters. The Kier molecular flexibility index (Phi) is 3.03. The van der Waals surface area contributed by atoms with E-state index in [1.807, 2.05) is 0 Å². The van der Waals surface area contributed by atoms with Crippen molar-refractivity contribution in [2.24, 2.45) is 0 Å². The number of aromatic nitrogens is 2. The Hall–Kier alpha value is -3.02. The molecule has 0 fully saturated rings. The highest BCUT2D eigenvalue weighted by Gasteiger charge is 2.37. The first-order chi connectivity index (χ1) is 11.5. The monoisotopic (exact) mass is 328 g/mol. The lowest BCUT2D eigenvalue weighted by Gasteiger charge is -2.07. The molecular weight excluding hydrogens is 317 g/mol. The van der Waals surface area contributed by atoms with E-state index in [2.05, 4.69) is 5.10 Å². The highest BCUT2D eigenvalue weighted by Crippen LogP contribution is 2.40. The number of halogens is 3. The zero-order chi connectivity index (χ0) is 16.9. The van der Waals surface area contributed by atoms with Gasteiger partial charge in [-0.15, -0.1) is 0 Å². The van der Waals surface area contributed by atoms with Gasteiger partial charge in [0, 0.05) is 16.2 Å². The number of phenols is 1. The van der Waals surface area contributed by atoms with Gasteiger partial charge in [-0.1, -0.05) is 42.5 Å². The summed E-state index contributed by atoms with van der Waals surface area (Å²) in [7, 11) is 0. The van der Waals surface area contributed by atoms with Crippen LogP contribution in [0.25, 0.3) is 27.4 Å². The molecule has 0 aliphatic carbocycles. The lowest BCUT2D eigenvalue weighted by molar-refractivity contribution is -0.140. The largest absolute Gasteiger partial charge is 0.507 e. The number of nitrogens with zero attached hydrogens (tertiary/aromatic N) is 2. The fourth-order valence-corrected chi connectivity index (χ4v) is 2.92. The van der Waals surface area contributed by atoms with Gasteiger partial charge in [0.1, 0.15) is 5.75 Å². The lowest BCUT2D eigenvalue weighted by atomic mass is 10.0. The first kappa shape index (κ1) is 14.6. The molecule has 0 spiro atoms. The first-order valence-electron chi connectivity index (χ1n) is 7.23. The molecule has 6 heteroatoms. The van der Waals surface area contributed by atoms with Crippen LogP contribution < -0.4 is 0 Å². The topological polar surface area (TPSA) is 38.1 Å². The molecule has 0 aliphatic rings. The molecule has 3 nitrogen and oxygen atoms in total. The minimum Gasteiger partial charge on any atom is -0.507 e. The van der Waals surface area contributed by atoms with Gasteiger partial charge in [-0.2, -0.15) is 18.3 Å². The maximum absolute atomic E-state index is 13.4. The van der Waals surface area contributed by atoms with Crippen molar-refractivity contribution in [1.82, 2.24) is 9.78 Å². The Morgan fingerprint density at radius 2 is 1.46 bits per heavy atom. The van der Waals surface area contributed by atoms with E-state index in [0.717, 1.165) is 6.07 Å². The summed E-state index contributed by atoms with van der Waals surface area (Å²) in [6, 6.07) is 16.5. The van der Waals surface area contributed by atoms with Gasteiger partial charge in [0.15, 0.2) is 5.69 Å². The Morgan fingerprint density at radius 1 is 0.833 bits per heavy atom. The van der Waals surface area contributed by atoms with Crippen molar-refractivity contribution in [2.75, 3.05) is 0 Å². The van der Waals surface area contributed by atoms with Crippen LogP contribution in [0.2, 0.25) is 0 Å². The molecule has 0 aliphatic heterocycles. The predicted molar refractivity (Wildman–Crippen MR) is 85.2 cm³/mol. The van der Waals surface area contributed by atoms with E-state index in [0.29, 0.717) is 22.0 Å². The molecule has 0 amide bonds. The summed E-state index contributed by atoms with van der Waals surface area (Å²) in [5, 5.41) is 14.8. The van der Waals surface area contributed by atoms with E-state index in [1.165, 1.54) is 4.68 Å². The standard InChI is InChI=1S/C18H11F3N2O/c19-18(20,21)17-14-10-15(24)12-8-4-5-9-13(12)16(14)23(22-17)11-6-2-1-3-7-11/h1-10,24H. The molecule has 1 aromatic heterocycles. The van der Waals surface area contributed by atoms with Crippen LogP contribution in [0.5, 0.6) is 5.75 Å². The fourth-order valence-electron chi connectivity index (χ4n) is 2.92. The molecule has 4 aromatic rings. The molecule has 0 radical (unpaired) electrons. The summed E-state index contributed by atoms with van der Waals surface area (Å²) >= 11 is 0. The minimum absolute atomic E-state index is 0.123. The summed E-state index contributed by atoms with van der Waals surface area (Å²) < 4.78 is 41.5. The molecule has 120 valence electrons. The number of rotatable bonds is 1. The highest BCUT2D eigenvalue weighted by molar-refractivity contribution is 6.10. The zero-order valence-electron chi connectivity index (χ0n) is 12.2. The third-order valence-electron chi connectivity index (χ3n) is 3.93. The number of aromatic hydroxyl groups is 1. The number of benzene rings is 3. The van der Waals surface area contributed by atoms with Crippen molar-refractivity contribution in [3.8, 4) is 11.4 Å². The van der Waals surface area contributed by atoms with Gasteiger partial charge >= 0.3 is 6.18 Å². The summed E-state index contributed by atoms with van der Waals surface area (Å²) in [6.07, 6.45) is -4.62. The average molecular weight is 328 g/mol. The van der Waals surface area contributed by atoms with Crippen molar-refractivity contribution in [3.63, 3.8) is 0 Å². The predicted octanol–water partition coefficient (Wildman–Crippen LogP) is 4.90. The Balaban J connectivity index is 2.22. The van der Waals surface area contributed by atoms with Crippen molar-refractivity contribution < 1.29 is 18.3 Å². The Morgan fingerprint density at radius 3 is 2.12 bits per heavy atom. The Labute approximate surface area is 134 Å². The van der Waals surface area contributed by atoms with Gasteiger partial charge in [-0.25, -0.2) is 4.68 Å². The van der Waals surface area contributed by atoms with Crippen LogP contribution in [0.3, 0.4) is 0 Å². The molecule has 24 heavy (non-hydrogen) atoms. The van der Waals surface area contributed by atoms with Crippen LogP contribution in [0, 0.1) is 0 Å². The zero-order valence-corrected chi connectivity index (χ0v) is 12.2. The molecule has 1 heterocycles. The van der Waals surface area contributed by atoms with E-state index in [9.17, 15) is 18.3 Å². The number of phenolic OH excluding ortho intramolecular Hbond substituents is 1. The van der Waals surface area contributed by atoms with Crippen molar-refractivity contribution in [3.05, 3.63) is 66.4 Å². The van der Waals surface area contributed by atoms with Gasteiger partial charge in [-0.3, -0.25) is 0 Å². The number of hydrogen-bond acceptors (Lipinski definition) is 2. The van der Waals surface area contributed by atoms with Crippen LogP contribution >= 0.6 is 0 Å². The van der Waals surface area contributed by atoms with Crippen LogP contribution in [0.1, 0.15) is 5.69 Å². The smallest absolute Gasteiger partial charge is 0.435 e. The molecule has 0 saturated heterocycles. The first-order valence-corrected chi connectivity index (χ1v) is 7.23. The van der Waals surface area contributed by atoms with Gasteiger partial charge in [0.25, 0.3) is 0 Å². The lowest BCUT2D eigenvalue weighted by Crippen LogP contribution is -2.07. The van der Waals surface area contributed by atoms with E-state index >= 15 is 0 Å². The SMILES string of the molecule is Oc1cc2c(C(F)(F)F)nn(-c3ccccc3)c2c2ccccc12. The van der Waals surface area contributed by atoms with Crippen LogP contribution in [-0.2, 0) is 6.18 Å². The van der Waals surface area contributed by atoms with Gasteiger partial charge in [-0.05, 0) is 18.2 Å². The third-order valence-corrected chi connectivity index (χ3v) is 3.93. The van der Waals surface area contributed by atoms with E-state index in [4.69, 9.17) is 0 Å². The third kappa shape index (κ3) is 2.11. The van der Waals surface area contributed by atoms with Gasteiger partial charge in [0.2, 0.25) is 0 Å². The van der Waals surface area contributed by atoms with Crippen molar-refractivity contribution >= 4 is 21.7 Å². The molecule has 0 atom stereocenters. The number of alkyl halides is 3.